The van der Waals surface area contributed by atoms with Crippen LogP contribution in [0.25, 0.3) is 0 Å². The van der Waals surface area contributed by atoms with Gasteiger partial charge in [0.15, 0.2) is 0 Å². The average Bonchev–Trinajstić information content (AvgIpc) is 2.76. The Hall–Kier alpha value is -0.570. The fraction of sp³-hybridized carbons (Fsp3) is 0.944. The third-order valence-electron chi connectivity index (χ3n) is 7.87. The van der Waals surface area contributed by atoms with E-state index in [4.69, 9.17) is 4.74 Å². The molecule has 1 saturated heterocycles. The maximum Gasteiger partial charge on any atom is 0.306 e. The van der Waals surface area contributed by atoms with Crippen LogP contribution in [-0.4, -0.2) is 23.3 Å². The molecule has 1 aliphatic heterocycles. The Balaban J connectivity index is 1.64. The number of hydrogen-bond acceptors (Lipinski definition) is 3. The van der Waals surface area contributed by atoms with Crippen LogP contribution >= 0.6 is 0 Å². The monoisotopic (exact) mass is 292 g/mol. The van der Waals surface area contributed by atoms with E-state index in [1.165, 1.54) is 19.3 Å². The van der Waals surface area contributed by atoms with Crippen molar-refractivity contribution in [2.75, 3.05) is 0 Å². The first-order valence-corrected chi connectivity index (χ1v) is 8.83. The van der Waals surface area contributed by atoms with Gasteiger partial charge in [0.25, 0.3) is 0 Å². The number of aliphatic hydroxyl groups excluding tert-OH is 1. The summed E-state index contributed by atoms with van der Waals surface area (Å²) in [7, 11) is 0. The van der Waals surface area contributed by atoms with Gasteiger partial charge in [0.1, 0.15) is 6.10 Å². The quantitative estimate of drug-likeness (QED) is 0.697. The van der Waals surface area contributed by atoms with Crippen LogP contribution < -0.4 is 0 Å². The van der Waals surface area contributed by atoms with E-state index in [1.807, 2.05) is 0 Å². The summed E-state index contributed by atoms with van der Waals surface area (Å²) in [5, 5.41) is 10.4. The SMILES string of the molecule is C[C@]12CCC(=O)O[C@@H]1CC[C@H]1[C@H]2CC[C@]2(C)[C@@H](O)CC[C@@H]12. The van der Waals surface area contributed by atoms with E-state index >= 15 is 0 Å². The highest BCUT2D eigenvalue weighted by atomic mass is 16.5. The van der Waals surface area contributed by atoms with Gasteiger partial charge in [-0.15, -0.1) is 0 Å². The molecule has 0 unspecified atom stereocenters. The van der Waals surface area contributed by atoms with Crippen molar-refractivity contribution in [1.29, 1.82) is 0 Å². The maximum absolute atomic E-state index is 11.6. The first-order valence-electron chi connectivity index (χ1n) is 8.83. The van der Waals surface area contributed by atoms with Crippen LogP contribution in [0.3, 0.4) is 0 Å². The highest BCUT2D eigenvalue weighted by molar-refractivity contribution is 5.70. The normalized spacial score (nSPS) is 56.1. The number of hydrogen-bond donors (Lipinski definition) is 1. The number of esters is 1. The van der Waals surface area contributed by atoms with Gasteiger partial charge in [0.2, 0.25) is 0 Å². The van der Waals surface area contributed by atoms with Gasteiger partial charge in [-0.3, -0.25) is 4.79 Å². The lowest BCUT2D eigenvalue weighted by atomic mass is 9.48. The van der Waals surface area contributed by atoms with Gasteiger partial charge >= 0.3 is 5.97 Å². The van der Waals surface area contributed by atoms with E-state index in [1.54, 1.807) is 0 Å². The molecule has 4 fully saturated rings. The van der Waals surface area contributed by atoms with Crippen molar-refractivity contribution in [2.45, 2.75) is 77.4 Å². The molecule has 0 spiro atoms. The third kappa shape index (κ3) is 1.79. The molecule has 0 radical (unpaired) electrons. The maximum atomic E-state index is 11.6. The van der Waals surface area contributed by atoms with Gasteiger partial charge in [-0.25, -0.2) is 0 Å². The second-order valence-corrected chi connectivity index (χ2v) is 8.58. The first kappa shape index (κ1) is 14.0. The van der Waals surface area contributed by atoms with E-state index in [0.29, 0.717) is 18.3 Å². The second kappa shape index (κ2) is 4.47. The van der Waals surface area contributed by atoms with Crippen LogP contribution in [0.2, 0.25) is 0 Å². The molecule has 0 aromatic carbocycles. The molecule has 0 amide bonds. The molecule has 21 heavy (non-hydrogen) atoms. The molecule has 1 N–H and O–H groups in total. The van der Waals surface area contributed by atoms with Crippen molar-refractivity contribution in [3.05, 3.63) is 0 Å². The molecule has 0 aromatic rings. The average molecular weight is 292 g/mol. The van der Waals surface area contributed by atoms with Crippen molar-refractivity contribution in [2.24, 2.45) is 28.6 Å². The predicted molar refractivity (Wildman–Crippen MR) is 79.5 cm³/mol. The minimum absolute atomic E-state index is 0.00728. The minimum Gasteiger partial charge on any atom is -0.462 e. The number of rotatable bonds is 0. The second-order valence-electron chi connectivity index (χ2n) is 8.58. The Morgan fingerprint density at radius 2 is 1.76 bits per heavy atom. The highest BCUT2D eigenvalue weighted by Crippen LogP contribution is 2.64. The zero-order valence-electron chi connectivity index (χ0n) is 13.3. The fourth-order valence-electron chi connectivity index (χ4n) is 6.52. The molecular formula is C18H28O3. The lowest BCUT2D eigenvalue weighted by molar-refractivity contribution is -0.193. The van der Waals surface area contributed by atoms with Crippen LogP contribution in [0.15, 0.2) is 0 Å². The van der Waals surface area contributed by atoms with E-state index in [0.717, 1.165) is 31.6 Å². The predicted octanol–water partition coefficient (Wildman–Crippen LogP) is 3.30. The van der Waals surface area contributed by atoms with Crippen LogP contribution in [0.1, 0.15) is 65.2 Å². The van der Waals surface area contributed by atoms with Crippen LogP contribution in [0, 0.1) is 28.6 Å². The van der Waals surface area contributed by atoms with Gasteiger partial charge in [0.05, 0.1) is 6.10 Å². The molecule has 3 saturated carbocycles. The van der Waals surface area contributed by atoms with E-state index in [9.17, 15) is 9.90 Å². The fourth-order valence-corrected chi connectivity index (χ4v) is 6.52. The Morgan fingerprint density at radius 1 is 1.00 bits per heavy atom. The summed E-state index contributed by atoms with van der Waals surface area (Å²) in [6.07, 6.45) is 8.41. The summed E-state index contributed by atoms with van der Waals surface area (Å²) < 4.78 is 5.71. The summed E-state index contributed by atoms with van der Waals surface area (Å²) in [6.45, 7) is 4.69. The van der Waals surface area contributed by atoms with Crippen LogP contribution in [0.4, 0.5) is 0 Å². The molecule has 3 nitrogen and oxygen atoms in total. The Kier molecular flexibility index (Phi) is 2.99. The standard InChI is InChI=1S/C18H28O3/c1-17-9-7-13-11(12(17)4-5-14(17)19)3-6-15-18(13,2)10-8-16(20)21-15/h11-15,19H,3-10H2,1-2H3/t11-,12+,13-,14+,15-,17+,18-/m1/s1. The molecule has 1 heterocycles. The molecule has 4 rings (SSSR count). The number of ether oxygens (including phenoxy) is 1. The minimum atomic E-state index is -0.0989. The van der Waals surface area contributed by atoms with Crippen molar-refractivity contribution in [3.8, 4) is 0 Å². The molecule has 0 bridgehead atoms. The highest BCUT2D eigenvalue weighted by Gasteiger charge is 2.60. The number of aliphatic hydroxyl groups is 1. The van der Waals surface area contributed by atoms with Crippen molar-refractivity contribution < 1.29 is 14.6 Å². The van der Waals surface area contributed by atoms with E-state index in [-0.39, 0.29) is 29.0 Å². The molecule has 0 aromatic heterocycles. The van der Waals surface area contributed by atoms with E-state index < -0.39 is 0 Å². The molecule has 3 heteroatoms. The van der Waals surface area contributed by atoms with Gasteiger partial charge in [0, 0.05) is 11.8 Å². The molecular weight excluding hydrogens is 264 g/mol. The zero-order chi connectivity index (χ0) is 14.8. The largest absolute Gasteiger partial charge is 0.462 e. The van der Waals surface area contributed by atoms with Crippen molar-refractivity contribution >= 4 is 5.97 Å². The molecule has 7 atom stereocenters. The lowest BCUT2D eigenvalue weighted by Crippen LogP contribution is -2.56. The lowest BCUT2D eigenvalue weighted by Gasteiger charge is -2.59. The summed E-state index contributed by atoms with van der Waals surface area (Å²) >= 11 is 0. The van der Waals surface area contributed by atoms with Gasteiger partial charge in [-0.1, -0.05) is 13.8 Å². The Labute approximate surface area is 127 Å². The summed E-state index contributed by atoms with van der Waals surface area (Å²) in [5.74, 6) is 2.11. The summed E-state index contributed by atoms with van der Waals surface area (Å²) in [5.41, 5.74) is 0.335. The Bertz CT molecular complexity index is 461. The summed E-state index contributed by atoms with van der Waals surface area (Å²) in [4.78, 5) is 11.6. The number of fused-ring (bicyclic) bond motifs is 5. The van der Waals surface area contributed by atoms with E-state index in [2.05, 4.69) is 13.8 Å². The zero-order valence-corrected chi connectivity index (χ0v) is 13.3. The van der Waals surface area contributed by atoms with Gasteiger partial charge < -0.3 is 9.84 Å². The van der Waals surface area contributed by atoms with Crippen LogP contribution in [0.5, 0.6) is 0 Å². The smallest absolute Gasteiger partial charge is 0.306 e. The van der Waals surface area contributed by atoms with Gasteiger partial charge in [-0.05, 0) is 68.1 Å². The van der Waals surface area contributed by atoms with Gasteiger partial charge in [-0.2, -0.15) is 0 Å². The van der Waals surface area contributed by atoms with Crippen molar-refractivity contribution in [3.63, 3.8) is 0 Å². The molecule has 118 valence electrons. The number of carbonyl (C=O) groups excluding carboxylic acids is 1. The Morgan fingerprint density at radius 3 is 2.57 bits per heavy atom. The molecule has 4 aliphatic rings. The van der Waals surface area contributed by atoms with Crippen molar-refractivity contribution in [1.82, 2.24) is 0 Å². The van der Waals surface area contributed by atoms with Crippen LogP contribution in [-0.2, 0) is 9.53 Å². The summed E-state index contributed by atoms with van der Waals surface area (Å²) in [6, 6.07) is 0. The third-order valence-corrected chi connectivity index (χ3v) is 7.87. The molecule has 3 aliphatic carbocycles. The first-order chi connectivity index (χ1) is 9.95. The topological polar surface area (TPSA) is 46.5 Å². The number of carbonyl (C=O) groups is 1.